The average Bonchev–Trinajstić information content (AvgIpc) is 2.50. The standard InChI is InChI=1S/C10H21N3O/c1-8(2)11-10(14)13-6-5-9(7-13)12(3)4/h8-9H,5-7H2,1-4H3,(H,11,14). The predicted octanol–water partition coefficient (Wildman–Crippen LogP) is 0.740. The summed E-state index contributed by atoms with van der Waals surface area (Å²) >= 11 is 0. The summed E-state index contributed by atoms with van der Waals surface area (Å²) in [6.45, 7) is 5.70. The van der Waals surface area contributed by atoms with Crippen LogP contribution in [0.4, 0.5) is 4.79 Å². The van der Waals surface area contributed by atoms with E-state index in [1.807, 2.05) is 18.7 Å². The van der Waals surface area contributed by atoms with Crippen LogP contribution in [-0.4, -0.2) is 55.1 Å². The van der Waals surface area contributed by atoms with E-state index in [4.69, 9.17) is 0 Å². The van der Waals surface area contributed by atoms with Crippen LogP contribution in [0.25, 0.3) is 0 Å². The van der Waals surface area contributed by atoms with Gasteiger partial charge >= 0.3 is 6.03 Å². The summed E-state index contributed by atoms with van der Waals surface area (Å²) in [6, 6.07) is 0.818. The summed E-state index contributed by atoms with van der Waals surface area (Å²) < 4.78 is 0. The van der Waals surface area contributed by atoms with Crippen molar-refractivity contribution in [1.29, 1.82) is 0 Å². The highest BCUT2D eigenvalue weighted by molar-refractivity contribution is 5.74. The summed E-state index contributed by atoms with van der Waals surface area (Å²) in [6.07, 6.45) is 1.08. The number of hydrogen-bond donors (Lipinski definition) is 1. The van der Waals surface area contributed by atoms with Gasteiger partial charge in [0.15, 0.2) is 0 Å². The zero-order valence-corrected chi connectivity index (χ0v) is 9.58. The molecule has 0 aromatic rings. The fourth-order valence-electron chi connectivity index (χ4n) is 1.69. The van der Waals surface area contributed by atoms with Gasteiger partial charge in [0.1, 0.15) is 0 Å². The molecule has 14 heavy (non-hydrogen) atoms. The molecule has 1 aliphatic heterocycles. The van der Waals surface area contributed by atoms with E-state index in [0.717, 1.165) is 19.5 Å². The van der Waals surface area contributed by atoms with Gasteiger partial charge in [-0.2, -0.15) is 0 Å². The molecule has 0 radical (unpaired) electrons. The lowest BCUT2D eigenvalue weighted by molar-refractivity contribution is 0.201. The molecule has 1 fully saturated rings. The van der Waals surface area contributed by atoms with Gasteiger partial charge in [0.25, 0.3) is 0 Å². The first-order valence-electron chi connectivity index (χ1n) is 5.22. The number of hydrogen-bond acceptors (Lipinski definition) is 2. The zero-order valence-electron chi connectivity index (χ0n) is 9.58. The van der Waals surface area contributed by atoms with Gasteiger partial charge in [-0.05, 0) is 34.4 Å². The third kappa shape index (κ3) is 2.87. The molecule has 1 saturated heterocycles. The van der Waals surface area contributed by atoms with Crippen LogP contribution in [0, 0.1) is 0 Å². The molecule has 0 spiro atoms. The lowest BCUT2D eigenvalue weighted by Gasteiger charge is -2.21. The van der Waals surface area contributed by atoms with Crippen LogP contribution in [-0.2, 0) is 0 Å². The molecule has 1 atom stereocenters. The Bertz CT molecular complexity index is 204. The molecular formula is C10H21N3O. The largest absolute Gasteiger partial charge is 0.336 e. The number of nitrogens with zero attached hydrogens (tertiary/aromatic N) is 2. The molecule has 1 aliphatic rings. The second-order valence-electron chi connectivity index (χ2n) is 4.46. The van der Waals surface area contributed by atoms with Crippen LogP contribution in [0.2, 0.25) is 0 Å². The van der Waals surface area contributed by atoms with Crippen molar-refractivity contribution >= 4 is 6.03 Å². The molecule has 82 valence electrons. The van der Waals surface area contributed by atoms with Gasteiger partial charge < -0.3 is 15.1 Å². The van der Waals surface area contributed by atoms with Gasteiger partial charge in [-0.15, -0.1) is 0 Å². The normalized spacial score (nSPS) is 22.1. The fraction of sp³-hybridized carbons (Fsp3) is 0.900. The van der Waals surface area contributed by atoms with E-state index >= 15 is 0 Å². The lowest BCUT2D eigenvalue weighted by Crippen LogP contribution is -2.43. The maximum Gasteiger partial charge on any atom is 0.317 e. The second-order valence-corrected chi connectivity index (χ2v) is 4.46. The van der Waals surface area contributed by atoms with Crippen LogP contribution >= 0.6 is 0 Å². The summed E-state index contributed by atoms with van der Waals surface area (Å²) in [5, 5.41) is 2.91. The van der Waals surface area contributed by atoms with E-state index in [2.05, 4.69) is 24.3 Å². The van der Waals surface area contributed by atoms with Crippen molar-refractivity contribution in [2.24, 2.45) is 0 Å². The van der Waals surface area contributed by atoms with Gasteiger partial charge in [0.2, 0.25) is 0 Å². The number of amides is 2. The number of likely N-dealkylation sites (N-methyl/N-ethyl adjacent to an activating group) is 1. The predicted molar refractivity (Wildman–Crippen MR) is 57.3 cm³/mol. The van der Waals surface area contributed by atoms with Crippen molar-refractivity contribution in [3.05, 3.63) is 0 Å². The van der Waals surface area contributed by atoms with Gasteiger partial charge in [0.05, 0.1) is 0 Å². The van der Waals surface area contributed by atoms with Crippen molar-refractivity contribution in [2.75, 3.05) is 27.2 Å². The first kappa shape index (κ1) is 11.3. The SMILES string of the molecule is CC(C)NC(=O)N1CCC(N(C)C)C1. The fourth-order valence-corrected chi connectivity index (χ4v) is 1.69. The Morgan fingerprint density at radius 2 is 2.14 bits per heavy atom. The molecule has 0 saturated carbocycles. The highest BCUT2D eigenvalue weighted by Gasteiger charge is 2.27. The molecule has 0 aromatic carbocycles. The van der Waals surface area contributed by atoms with E-state index < -0.39 is 0 Å². The van der Waals surface area contributed by atoms with Crippen molar-refractivity contribution in [3.8, 4) is 0 Å². The molecule has 0 aliphatic carbocycles. The Hall–Kier alpha value is -0.770. The Morgan fingerprint density at radius 1 is 1.50 bits per heavy atom. The topological polar surface area (TPSA) is 35.6 Å². The maximum absolute atomic E-state index is 11.6. The second kappa shape index (κ2) is 4.64. The van der Waals surface area contributed by atoms with E-state index in [1.165, 1.54) is 0 Å². The minimum absolute atomic E-state index is 0.0735. The monoisotopic (exact) mass is 199 g/mol. The summed E-state index contributed by atoms with van der Waals surface area (Å²) in [5.74, 6) is 0. The van der Waals surface area contributed by atoms with Crippen molar-refractivity contribution in [3.63, 3.8) is 0 Å². The molecular weight excluding hydrogens is 178 g/mol. The number of urea groups is 1. The van der Waals surface area contributed by atoms with Crippen LogP contribution in [0.5, 0.6) is 0 Å². The minimum Gasteiger partial charge on any atom is -0.336 e. The van der Waals surface area contributed by atoms with Gasteiger partial charge in [-0.3, -0.25) is 0 Å². The molecule has 0 bridgehead atoms. The Balaban J connectivity index is 2.38. The maximum atomic E-state index is 11.6. The molecule has 4 heteroatoms. The van der Waals surface area contributed by atoms with Gasteiger partial charge in [-0.1, -0.05) is 0 Å². The molecule has 2 amide bonds. The number of nitrogens with one attached hydrogen (secondary N) is 1. The Kier molecular flexibility index (Phi) is 3.75. The van der Waals surface area contributed by atoms with Crippen LogP contribution in [0.15, 0.2) is 0 Å². The van der Waals surface area contributed by atoms with Crippen molar-refractivity contribution in [2.45, 2.75) is 32.4 Å². The Labute approximate surface area is 86.2 Å². The first-order chi connectivity index (χ1) is 6.50. The zero-order chi connectivity index (χ0) is 10.7. The summed E-state index contributed by atoms with van der Waals surface area (Å²) in [7, 11) is 4.13. The first-order valence-corrected chi connectivity index (χ1v) is 5.22. The minimum atomic E-state index is 0.0735. The van der Waals surface area contributed by atoms with Crippen LogP contribution in [0.1, 0.15) is 20.3 Å². The van der Waals surface area contributed by atoms with E-state index in [9.17, 15) is 4.79 Å². The molecule has 0 aromatic heterocycles. The average molecular weight is 199 g/mol. The molecule has 1 N–H and O–H groups in total. The third-order valence-electron chi connectivity index (χ3n) is 2.59. The highest BCUT2D eigenvalue weighted by atomic mass is 16.2. The number of likely N-dealkylation sites (tertiary alicyclic amines) is 1. The van der Waals surface area contributed by atoms with E-state index in [1.54, 1.807) is 0 Å². The lowest BCUT2D eigenvalue weighted by atomic mass is 10.2. The van der Waals surface area contributed by atoms with Crippen molar-refractivity contribution < 1.29 is 4.79 Å². The van der Waals surface area contributed by atoms with Gasteiger partial charge in [0, 0.05) is 25.2 Å². The Morgan fingerprint density at radius 3 is 2.57 bits per heavy atom. The van der Waals surface area contributed by atoms with E-state index in [-0.39, 0.29) is 12.1 Å². The molecule has 1 unspecified atom stereocenters. The quantitative estimate of drug-likeness (QED) is 0.712. The van der Waals surface area contributed by atoms with Crippen LogP contribution in [0.3, 0.4) is 0 Å². The van der Waals surface area contributed by atoms with Crippen molar-refractivity contribution in [1.82, 2.24) is 15.1 Å². The van der Waals surface area contributed by atoms with Crippen LogP contribution < -0.4 is 5.32 Å². The molecule has 1 rings (SSSR count). The number of rotatable bonds is 2. The summed E-state index contributed by atoms with van der Waals surface area (Å²) in [5.41, 5.74) is 0. The van der Waals surface area contributed by atoms with Gasteiger partial charge in [-0.25, -0.2) is 4.79 Å². The number of carbonyl (C=O) groups is 1. The smallest absolute Gasteiger partial charge is 0.317 e. The molecule has 4 nitrogen and oxygen atoms in total. The molecule has 1 heterocycles. The third-order valence-corrected chi connectivity index (χ3v) is 2.59. The summed E-state index contributed by atoms with van der Waals surface area (Å²) in [4.78, 5) is 15.7. The highest BCUT2D eigenvalue weighted by Crippen LogP contribution is 2.12. The van der Waals surface area contributed by atoms with E-state index in [0.29, 0.717) is 6.04 Å². The number of carbonyl (C=O) groups excluding carboxylic acids is 1.